The van der Waals surface area contributed by atoms with Crippen LogP contribution in [-0.2, 0) is 13.6 Å². The fourth-order valence-corrected chi connectivity index (χ4v) is 3.44. The van der Waals surface area contributed by atoms with Gasteiger partial charge in [0, 0.05) is 27.2 Å². The molecule has 0 spiro atoms. The molecule has 2 aromatic rings. The summed E-state index contributed by atoms with van der Waals surface area (Å²) in [5, 5.41) is 9.34. The molecule has 2 aromatic heterocycles. The molecule has 1 amide bonds. The van der Waals surface area contributed by atoms with Crippen LogP contribution in [0.4, 0.5) is 10.7 Å². The molecule has 1 unspecified atom stereocenters. The third kappa shape index (κ3) is 3.45. The first kappa shape index (κ1) is 19.0. The molecule has 1 fully saturated rings. The number of hydrogen-bond donors (Lipinski definition) is 1. The minimum atomic E-state index is -0.963. The molecule has 1 saturated heterocycles. The summed E-state index contributed by atoms with van der Waals surface area (Å²) in [5.41, 5.74) is 0.316. The number of nitrogens with zero attached hydrogens (tertiary/aromatic N) is 6. The smallest absolute Gasteiger partial charge is 0.407 e. The number of likely N-dealkylation sites (N-methyl/N-ethyl adjacent to an activating group) is 1. The van der Waals surface area contributed by atoms with Gasteiger partial charge in [-0.1, -0.05) is 5.92 Å². The molecule has 0 saturated carbocycles. The van der Waals surface area contributed by atoms with Gasteiger partial charge in [0.15, 0.2) is 11.2 Å². The van der Waals surface area contributed by atoms with Gasteiger partial charge in [-0.2, -0.15) is 9.97 Å². The molecule has 27 heavy (non-hydrogen) atoms. The lowest BCUT2D eigenvalue weighted by molar-refractivity contribution is 0.133. The maximum atomic E-state index is 12.7. The number of rotatable bonds is 3. The number of carbonyl (C=O) groups is 1. The van der Waals surface area contributed by atoms with E-state index in [4.69, 9.17) is 11.6 Å². The SMILES string of the molecule is CC#CCn1c(N2CCCC(N(C)C(=O)O)C2)nc2nc(Cl)n(C)c(=O)c21. The van der Waals surface area contributed by atoms with Gasteiger partial charge in [-0.15, -0.1) is 5.92 Å². The van der Waals surface area contributed by atoms with Crippen molar-refractivity contribution in [1.82, 2.24) is 24.0 Å². The second-order valence-electron chi connectivity index (χ2n) is 6.48. The van der Waals surface area contributed by atoms with E-state index in [1.807, 2.05) is 4.90 Å². The van der Waals surface area contributed by atoms with E-state index in [-0.39, 0.29) is 29.1 Å². The molecule has 144 valence electrons. The number of aromatic nitrogens is 4. The average molecular weight is 393 g/mol. The van der Waals surface area contributed by atoms with Crippen molar-refractivity contribution in [3.05, 3.63) is 15.6 Å². The fraction of sp³-hybridized carbons (Fsp3) is 0.529. The van der Waals surface area contributed by atoms with E-state index >= 15 is 0 Å². The molecule has 0 aromatic carbocycles. The Bertz CT molecular complexity index is 1000. The van der Waals surface area contributed by atoms with Crippen molar-refractivity contribution in [3.63, 3.8) is 0 Å². The summed E-state index contributed by atoms with van der Waals surface area (Å²) in [6.45, 7) is 3.21. The molecule has 10 heteroatoms. The number of amides is 1. The zero-order chi connectivity index (χ0) is 19.7. The molecule has 1 N–H and O–H groups in total. The van der Waals surface area contributed by atoms with E-state index in [0.717, 1.165) is 12.8 Å². The van der Waals surface area contributed by atoms with Crippen molar-refractivity contribution in [2.45, 2.75) is 32.4 Å². The number of piperidine rings is 1. The Morgan fingerprint density at radius 2 is 2.19 bits per heavy atom. The molecule has 0 aliphatic carbocycles. The van der Waals surface area contributed by atoms with Crippen LogP contribution in [0.5, 0.6) is 0 Å². The maximum Gasteiger partial charge on any atom is 0.407 e. The summed E-state index contributed by atoms with van der Waals surface area (Å²) in [6.07, 6.45) is 0.631. The van der Waals surface area contributed by atoms with Crippen LogP contribution in [0.2, 0.25) is 5.28 Å². The largest absolute Gasteiger partial charge is 0.465 e. The van der Waals surface area contributed by atoms with Crippen LogP contribution in [0.3, 0.4) is 0 Å². The van der Waals surface area contributed by atoms with Crippen molar-refractivity contribution in [1.29, 1.82) is 0 Å². The second-order valence-corrected chi connectivity index (χ2v) is 6.82. The van der Waals surface area contributed by atoms with Gasteiger partial charge in [-0.3, -0.25) is 13.9 Å². The Labute approximate surface area is 161 Å². The quantitative estimate of drug-likeness (QED) is 0.626. The van der Waals surface area contributed by atoms with E-state index in [1.54, 1.807) is 25.6 Å². The fourth-order valence-electron chi connectivity index (χ4n) is 3.28. The van der Waals surface area contributed by atoms with Crippen LogP contribution < -0.4 is 10.5 Å². The van der Waals surface area contributed by atoms with Crippen LogP contribution >= 0.6 is 11.6 Å². The first-order valence-electron chi connectivity index (χ1n) is 8.58. The third-order valence-electron chi connectivity index (χ3n) is 4.85. The minimum absolute atomic E-state index is 0.0624. The van der Waals surface area contributed by atoms with Gasteiger partial charge in [0.1, 0.15) is 0 Å². The zero-order valence-corrected chi connectivity index (χ0v) is 16.2. The number of fused-ring (bicyclic) bond motifs is 1. The van der Waals surface area contributed by atoms with Crippen LogP contribution in [0, 0.1) is 11.8 Å². The zero-order valence-electron chi connectivity index (χ0n) is 15.4. The summed E-state index contributed by atoms with van der Waals surface area (Å²) >= 11 is 6.03. The predicted molar refractivity (Wildman–Crippen MR) is 102 cm³/mol. The van der Waals surface area contributed by atoms with Crippen LogP contribution in [-0.4, -0.2) is 61.4 Å². The summed E-state index contributed by atoms with van der Waals surface area (Å²) in [6, 6.07) is -0.152. The van der Waals surface area contributed by atoms with E-state index in [9.17, 15) is 14.7 Å². The van der Waals surface area contributed by atoms with E-state index in [1.165, 1.54) is 9.47 Å². The number of carboxylic acid groups (broad SMARTS) is 1. The van der Waals surface area contributed by atoms with Crippen molar-refractivity contribution >= 4 is 34.8 Å². The Hall–Kier alpha value is -2.73. The molecular formula is C17H21ClN6O3. The molecular weight excluding hydrogens is 372 g/mol. The summed E-state index contributed by atoms with van der Waals surface area (Å²) in [5.74, 6) is 6.36. The highest BCUT2D eigenvalue weighted by molar-refractivity contribution is 6.28. The Morgan fingerprint density at radius 3 is 2.85 bits per heavy atom. The number of hydrogen-bond acceptors (Lipinski definition) is 5. The van der Waals surface area contributed by atoms with Gasteiger partial charge in [0.2, 0.25) is 11.2 Å². The Kier molecular flexibility index (Phi) is 5.28. The van der Waals surface area contributed by atoms with Crippen LogP contribution in [0.1, 0.15) is 19.8 Å². The topological polar surface area (TPSA) is 96.5 Å². The second kappa shape index (κ2) is 7.48. The van der Waals surface area contributed by atoms with Gasteiger partial charge >= 0.3 is 6.09 Å². The highest BCUT2D eigenvalue weighted by Gasteiger charge is 2.29. The lowest BCUT2D eigenvalue weighted by atomic mass is 10.1. The first-order chi connectivity index (χ1) is 12.8. The number of halogens is 1. The number of imidazole rings is 1. The van der Waals surface area contributed by atoms with Gasteiger partial charge in [-0.25, -0.2) is 4.79 Å². The van der Waals surface area contributed by atoms with Gasteiger partial charge in [0.05, 0.1) is 12.6 Å². The molecule has 1 atom stereocenters. The third-order valence-corrected chi connectivity index (χ3v) is 5.19. The Balaban J connectivity index is 2.09. The van der Waals surface area contributed by atoms with E-state index < -0.39 is 6.09 Å². The lowest BCUT2D eigenvalue weighted by Gasteiger charge is -2.37. The average Bonchev–Trinajstić information content (AvgIpc) is 3.02. The predicted octanol–water partition coefficient (Wildman–Crippen LogP) is 1.39. The molecule has 1 aliphatic heterocycles. The van der Waals surface area contributed by atoms with Crippen LogP contribution in [0.25, 0.3) is 11.2 Å². The summed E-state index contributed by atoms with van der Waals surface area (Å²) in [4.78, 5) is 36.1. The lowest BCUT2D eigenvalue weighted by Crippen LogP contribution is -2.49. The maximum absolute atomic E-state index is 12.7. The van der Waals surface area contributed by atoms with Crippen molar-refractivity contribution in [3.8, 4) is 11.8 Å². The van der Waals surface area contributed by atoms with Crippen LogP contribution in [0.15, 0.2) is 4.79 Å². The molecule has 0 bridgehead atoms. The Morgan fingerprint density at radius 1 is 1.44 bits per heavy atom. The van der Waals surface area contributed by atoms with Crippen molar-refractivity contribution < 1.29 is 9.90 Å². The standard InChI is InChI=1S/C17H21ClN6O3/c1-4-5-9-24-12-13(19-15(18)22(3)14(12)25)20-16(24)23-8-6-7-11(10-23)21(2)17(26)27/h11H,6-10H2,1-3H3,(H,26,27). The molecule has 9 nitrogen and oxygen atoms in total. The molecule has 3 rings (SSSR count). The highest BCUT2D eigenvalue weighted by atomic mass is 35.5. The molecule has 0 radical (unpaired) electrons. The summed E-state index contributed by atoms with van der Waals surface area (Å²) < 4.78 is 3.00. The monoisotopic (exact) mass is 392 g/mol. The van der Waals surface area contributed by atoms with E-state index in [0.29, 0.717) is 24.6 Å². The van der Waals surface area contributed by atoms with Gasteiger partial charge < -0.3 is 14.9 Å². The molecule has 3 heterocycles. The minimum Gasteiger partial charge on any atom is -0.465 e. The first-order valence-corrected chi connectivity index (χ1v) is 8.96. The number of anilines is 1. The normalized spacial score (nSPS) is 16.9. The summed E-state index contributed by atoms with van der Waals surface area (Å²) in [7, 11) is 3.12. The van der Waals surface area contributed by atoms with E-state index in [2.05, 4.69) is 21.8 Å². The van der Waals surface area contributed by atoms with Crippen molar-refractivity contribution in [2.75, 3.05) is 25.0 Å². The van der Waals surface area contributed by atoms with Gasteiger partial charge in [-0.05, 0) is 31.4 Å². The van der Waals surface area contributed by atoms with Crippen molar-refractivity contribution in [2.24, 2.45) is 7.05 Å². The molecule has 1 aliphatic rings. The highest BCUT2D eigenvalue weighted by Crippen LogP contribution is 2.25. The van der Waals surface area contributed by atoms with Gasteiger partial charge in [0.25, 0.3) is 5.56 Å².